The summed E-state index contributed by atoms with van der Waals surface area (Å²) < 4.78 is 7.01. The maximum Gasteiger partial charge on any atom is 0.274 e. The van der Waals surface area contributed by atoms with Gasteiger partial charge in [-0.25, -0.2) is 4.68 Å². The topological polar surface area (TPSA) is 56.2 Å². The minimum absolute atomic E-state index is 0.0160. The van der Waals surface area contributed by atoms with Crippen molar-refractivity contribution in [2.45, 2.75) is 45.3 Å². The van der Waals surface area contributed by atoms with Gasteiger partial charge in [-0.15, -0.1) is 0 Å². The summed E-state index contributed by atoms with van der Waals surface area (Å²) in [6.45, 7) is 8.82. The Balaban J connectivity index is 1.96. The van der Waals surface area contributed by atoms with Crippen LogP contribution in [0.25, 0.3) is 0 Å². The van der Waals surface area contributed by atoms with E-state index in [2.05, 4.69) is 30.1 Å². The first-order valence-electron chi connectivity index (χ1n) is 6.88. The molecule has 1 aliphatic heterocycles. The fraction of sp³-hybridized carbons (Fsp3) is 0.692. The minimum atomic E-state index is -1.08. The van der Waals surface area contributed by atoms with E-state index in [4.69, 9.17) is 4.74 Å². The quantitative estimate of drug-likeness (QED) is 0.662. The fourth-order valence-electron chi connectivity index (χ4n) is 2.03. The zero-order chi connectivity index (χ0) is 13.9. The molecule has 0 fully saturated rings. The largest absolute Gasteiger partial charge is 0.383 e. The van der Waals surface area contributed by atoms with E-state index in [9.17, 15) is 4.79 Å². The average Bonchev–Trinajstić information content (AvgIpc) is 2.36. The third-order valence-electron chi connectivity index (χ3n) is 3.27. The van der Waals surface area contributed by atoms with Crippen molar-refractivity contribution in [2.24, 2.45) is 0 Å². The Labute approximate surface area is 115 Å². The van der Waals surface area contributed by atoms with Crippen LogP contribution in [0.3, 0.4) is 0 Å². The van der Waals surface area contributed by atoms with Crippen LogP contribution >= 0.6 is 0 Å². The highest BCUT2D eigenvalue weighted by Gasteiger charge is 2.15. The van der Waals surface area contributed by atoms with Gasteiger partial charge in [0, 0.05) is 26.8 Å². The van der Waals surface area contributed by atoms with E-state index >= 15 is 0 Å². The van der Waals surface area contributed by atoms with E-state index in [0.29, 0.717) is 6.61 Å². The van der Waals surface area contributed by atoms with Crippen molar-refractivity contribution in [2.75, 3.05) is 18.5 Å². The Kier molecular flexibility index (Phi) is 4.41. The van der Waals surface area contributed by atoms with Gasteiger partial charge >= 0.3 is 0 Å². The molecule has 0 saturated carbocycles. The molecule has 19 heavy (non-hydrogen) atoms. The molecule has 0 aliphatic carbocycles. The molecule has 2 heterocycles. The maximum atomic E-state index is 12.2. The Bertz CT molecular complexity index is 494. The van der Waals surface area contributed by atoms with Gasteiger partial charge in [-0.3, -0.25) is 4.79 Å². The van der Waals surface area contributed by atoms with Crippen molar-refractivity contribution in [1.82, 2.24) is 9.78 Å². The van der Waals surface area contributed by atoms with E-state index in [1.165, 1.54) is 4.68 Å². The Hall–Kier alpha value is -1.14. The van der Waals surface area contributed by atoms with Crippen LogP contribution in [-0.4, -0.2) is 31.0 Å². The van der Waals surface area contributed by atoms with Gasteiger partial charge in [-0.2, -0.15) is 5.10 Å². The summed E-state index contributed by atoms with van der Waals surface area (Å²) in [4.78, 5) is 12.2. The molecule has 1 N–H and O–H groups in total. The lowest BCUT2D eigenvalue weighted by Crippen LogP contribution is -2.31. The molecule has 0 spiro atoms. The highest BCUT2D eigenvalue weighted by Crippen LogP contribution is 2.16. The van der Waals surface area contributed by atoms with Crippen LogP contribution in [0, 0.1) is 0 Å². The van der Waals surface area contributed by atoms with Crippen molar-refractivity contribution in [1.29, 1.82) is 0 Å². The number of nitrogens with one attached hydrogen (secondary N) is 1. The first kappa shape index (κ1) is 14.3. The number of rotatable bonds is 5. The molecule has 6 heteroatoms. The second-order valence-electron chi connectivity index (χ2n) is 6.22. The van der Waals surface area contributed by atoms with E-state index in [0.717, 1.165) is 36.7 Å². The Morgan fingerprint density at radius 3 is 3.00 bits per heavy atom. The molecule has 0 aromatic carbocycles. The monoisotopic (exact) mass is 281 g/mol. The molecule has 2 rings (SSSR count). The standard InChI is InChI=1S/C13H23N3O2Si/c1-19(2,3)8-7-18-10-16-13(17)11-5-4-6-14-12(11)9-15-16/h9,14H,4-8,10H2,1-3H3. The molecular weight excluding hydrogens is 258 g/mol. The predicted molar refractivity (Wildman–Crippen MR) is 79.4 cm³/mol. The number of fused-ring (bicyclic) bond motifs is 1. The van der Waals surface area contributed by atoms with Gasteiger partial charge in [-0.1, -0.05) is 19.6 Å². The van der Waals surface area contributed by atoms with Gasteiger partial charge in [0.25, 0.3) is 5.56 Å². The summed E-state index contributed by atoms with van der Waals surface area (Å²) in [6.07, 6.45) is 3.57. The Morgan fingerprint density at radius 1 is 1.47 bits per heavy atom. The summed E-state index contributed by atoms with van der Waals surface area (Å²) in [5.41, 5.74) is 1.71. The van der Waals surface area contributed by atoms with Gasteiger partial charge in [0.1, 0.15) is 6.73 Å². The zero-order valence-corrected chi connectivity index (χ0v) is 13.0. The van der Waals surface area contributed by atoms with Crippen molar-refractivity contribution in [3.63, 3.8) is 0 Å². The Morgan fingerprint density at radius 2 is 2.26 bits per heavy atom. The third kappa shape index (κ3) is 3.91. The number of ether oxygens (including phenoxy) is 1. The molecule has 5 nitrogen and oxygen atoms in total. The molecule has 1 aromatic heterocycles. The van der Waals surface area contributed by atoms with Crippen molar-refractivity contribution < 1.29 is 4.74 Å². The van der Waals surface area contributed by atoms with Crippen LogP contribution < -0.4 is 10.9 Å². The number of nitrogens with zero attached hydrogens (tertiary/aromatic N) is 2. The molecule has 0 bridgehead atoms. The number of anilines is 1. The van der Waals surface area contributed by atoms with Gasteiger partial charge in [0.15, 0.2) is 0 Å². The van der Waals surface area contributed by atoms with Gasteiger partial charge < -0.3 is 10.1 Å². The van der Waals surface area contributed by atoms with E-state index < -0.39 is 8.07 Å². The predicted octanol–water partition coefficient (Wildman–Crippen LogP) is 1.91. The molecule has 0 amide bonds. The maximum absolute atomic E-state index is 12.2. The first-order valence-corrected chi connectivity index (χ1v) is 10.6. The SMILES string of the molecule is C[Si](C)(C)CCOCn1ncc2c(c1=O)CCCN2. The summed E-state index contributed by atoms with van der Waals surface area (Å²) in [5.74, 6) is 0. The van der Waals surface area contributed by atoms with Crippen LogP contribution in [0.15, 0.2) is 11.0 Å². The van der Waals surface area contributed by atoms with E-state index in [1.807, 2.05) is 0 Å². The molecule has 1 aromatic rings. The van der Waals surface area contributed by atoms with Crippen LogP contribution in [0.5, 0.6) is 0 Å². The number of hydrogen-bond donors (Lipinski definition) is 1. The number of hydrogen-bond acceptors (Lipinski definition) is 4. The van der Waals surface area contributed by atoms with Crippen LogP contribution in [0.2, 0.25) is 25.7 Å². The lowest BCUT2D eigenvalue weighted by molar-refractivity contribution is 0.0747. The van der Waals surface area contributed by atoms with Crippen LogP contribution in [0.1, 0.15) is 12.0 Å². The third-order valence-corrected chi connectivity index (χ3v) is 4.98. The lowest BCUT2D eigenvalue weighted by Gasteiger charge is -2.18. The average molecular weight is 281 g/mol. The van der Waals surface area contributed by atoms with Gasteiger partial charge in [0.2, 0.25) is 0 Å². The second-order valence-corrected chi connectivity index (χ2v) is 11.8. The normalized spacial score (nSPS) is 14.9. The van der Waals surface area contributed by atoms with E-state index in [-0.39, 0.29) is 12.3 Å². The first-order chi connectivity index (χ1) is 8.97. The zero-order valence-electron chi connectivity index (χ0n) is 12.0. The highest BCUT2D eigenvalue weighted by molar-refractivity contribution is 6.76. The highest BCUT2D eigenvalue weighted by atomic mass is 28.3. The summed E-state index contributed by atoms with van der Waals surface area (Å²) in [6, 6.07) is 1.11. The van der Waals surface area contributed by atoms with Crippen LogP contribution in [0.4, 0.5) is 5.69 Å². The molecule has 0 radical (unpaired) electrons. The van der Waals surface area contributed by atoms with Crippen LogP contribution in [-0.2, 0) is 17.9 Å². The number of aromatic nitrogens is 2. The molecule has 1 aliphatic rings. The smallest absolute Gasteiger partial charge is 0.274 e. The molecule has 106 valence electrons. The van der Waals surface area contributed by atoms with Gasteiger partial charge in [-0.05, 0) is 18.9 Å². The van der Waals surface area contributed by atoms with E-state index in [1.54, 1.807) is 6.20 Å². The molecular formula is C13H23N3O2Si. The summed E-state index contributed by atoms with van der Waals surface area (Å²) in [5, 5.41) is 7.36. The van der Waals surface area contributed by atoms with Gasteiger partial charge in [0.05, 0.1) is 11.9 Å². The minimum Gasteiger partial charge on any atom is -0.383 e. The molecule has 0 saturated heterocycles. The lowest BCUT2D eigenvalue weighted by atomic mass is 10.1. The second kappa shape index (κ2) is 5.88. The van der Waals surface area contributed by atoms with Crippen molar-refractivity contribution in [3.05, 3.63) is 22.1 Å². The summed E-state index contributed by atoms with van der Waals surface area (Å²) >= 11 is 0. The molecule has 0 atom stereocenters. The van der Waals surface area contributed by atoms with Crippen molar-refractivity contribution >= 4 is 13.8 Å². The fourth-order valence-corrected chi connectivity index (χ4v) is 2.79. The summed E-state index contributed by atoms with van der Waals surface area (Å²) in [7, 11) is -1.08. The van der Waals surface area contributed by atoms with Crippen molar-refractivity contribution in [3.8, 4) is 0 Å². The molecule has 0 unspecified atom stereocenters.